The lowest BCUT2D eigenvalue weighted by atomic mass is 10.0. The quantitative estimate of drug-likeness (QED) is 0.816. The molecule has 2 heterocycles. The molecule has 0 atom stereocenters. The molecule has 0 spiro atoms. The Bertz CT molecular complexity index is 536. The molecule has 0 N–H and O–H groups in total. The summed E-state index contributed by atoms with van der Waals surface area (Å²) in [5.41, 5.74) is 2.75. The first-order chi connectivity index (χ1) is 9.33. The van der Waals surface area contributed by atoms with E-state index in [-0.39, 0.29) is 5.91 Å². The molecule has 1 aromatic heterocycles. The number of fused-ring (bicyclic) bond motifs is 1. The van der Waals surface area contributed by atoms with E-state index in [9.17, 15) is 4.79 Å². The molecule has 19 heavy (non-hydrogen) atoms. The molecule has 4 heteroatoms. The van der Waals surface area contributed by atoms with E-state index in [4.69, 9.17) is 0 Å². The van der Waals surface area contributed by atoms with E-state index in [0.717, 1.165) is 25.9 Å². The molecule has 3 rings (SSSR count). The van der Waals surface area contributed by atoms with E-state index in [1.54, 1.807) is 12.5 Å². The Kier molecular flexibility index (Phi) is 3.31. The fraction of sp³-hybridized carbons (Fsp3) is 0.333. The molecule has 0 radical (unpaired) electrons. The summed E-state index contributed by atoms with van der Waals surface area (Å²) < 4.78 is 1.82. The second-order valence-electron chi connectivity index (χ2n) is 4.88. The van der Waals surface area contributed by atoms with Crippen LogP contribution in [0.2, 0.25) is 0 Å². The Balaban J connectivity index is 1.66. The summed E-state index contributed by atoms with van der Waals surface area (Å²) in [6.07, 6.45) is 7.11. The maximum Gasteiger partial charge on any atom is 0.242 e. The van der Waals surface area contributed by atoms with Crippen LogP contribution in [-0.2, 0) is 24.2 Å². The van der Waals surface area contributed by atoms with E-state index >= 15 is 0 Å². The molecule has 98 valence electrons. The molecular weight excluding hydrogens is 238 g/mol. The van der Waals surface area contributed by atoms with Crippen LogP contribution in [0.25, 0.3) is 0 Å². The first-order valence-electron chi connectivity index (χ1n) is 6.63. The molecule has 1 aliphatic rings. The molecular formula is C15H17N3O. The second kappa shape index (κ2) is 5.26. The minimum absolute atomic E-state index is 0.172. The average Bonchev–Trinajstić information content (AvgIpc) is 2.83. The van der Waals surface area contributed by atoms with Crippen LogP contribution in [0.1, 0.15) is 11.1 Å². The third kappa shape index (κ3) is 2.67. The van der Waals surface area contributed by atoms with Gasteiger partial charge in [0, 0.05) is 25.5 Å². The normalized spacial score (nSPS) is 14.8. The lowest BCUT2D eigenvalue weighted by Crippen LogP contribution is -2.35. The predicted octanol–water partition coefficient (Wildman–Crippen LogP) is 1.51. The molecule has 0 aliphatic carbocycles. The number of rotatable bonds is 2. The van der Waals surface area contributed by atoms with Crippen molar-refractivity contribution in [2.24, 2.45) is 0 Å². The van der Waals surface area contributed by atoms with Gasteiger partial charge in [-0.15, -0.1) is 0 Å². The Morgan fingerprint density at radius 2 is 1.84 bits per heavy atom. The van der Waals surface area contributed by atoms with Crippen molar-refractivity contribution in [3.8, 4) is 0 Å². The van der Waals surface area contributed by atoms with Crippen molar-refractivity contribution in [2.45, 2.75) is 19.4 Å². The molecule has 0 unspecified atom stereocenters. The number of carbonyl (C=O) groups excluding carboxylic acids is 1. The fourth-order valence-electron chi connectivity index (χ4n) is 2.55. The van der Waals surface area contributed by atoms with Crippen LogP contribution in [0, 0.1) is 0 Å². The molecule has 4 nitrogen and oxygen atoms in total. The Morgan fingerprint density at radius 3 is 2.42 bits per heavy atom. The van der Waals surface area contributed by atoms with Crippen LogP contribution in [0.5, 0.6) is 0 Å². The molecule has 1 amide bonds. The summed E-state index contributed by atoms with van der Waals surface area (Å²) in [6, 6.07) is 8.47. The molecule has 0 saturated heterocycles. The first-order valence-corrected chi connectivity index (χ1v) is 6.63. The molecule has 0 bridgehead atoms. The zero-order chi connectivity index (χ0) is 13.1. The summed E-state index contributed by atoms with van der Waals surface area (Å²) in [6.45, 7) is 2.01. The standard InChI is InChI=1S/C15H17N3O/c19-15(11-17-10-7-16-12-17)18-8-5-13-3-1-2-4-14(13)6-9-18/h1-4,7,10,12H,5-6,8-9,11H2. The van der Waals surface area contributed by atoms with Crippen LogP contribution in [-0.4, -0.2) is 33.4 Å². The zero-order valence-corrected chi connectivity index (χ0v) is 10.8. The van der Waals surface area contributed by atoms with Gasteiger partial charge in [0.1, 0.15) is 6.54 Å². The van der Waals surface area contributed by atoms with Gasteiger partial charge in [-0.25, -0.2) is 4.98 Å². The molecule has 0 saturated carbocycles. The van der Waals surface area contributed by atoms with E-state index in [0.29, 0.717) is 6.54 Å². The number of amides is 1. The average molecular weight is 255 g/mol. The maximum absolute atomic E-state index is 12.2. The molecule has 1 aromatic carbocycles. The van der Waals surface area contributed by atoms with Crippen molar-refractivity contribution in [3.63, 3.8) is 0 Å². The zero-order valence-electron chi connectivity index (χ0n) is 10.8. The summed E-state index contributed by atoms with van der Waals surface area (Å²) >= 11 is 0. The third-order valence-corrected chi connectivity index (χ3v) is 3.65. The molecule has 1 aliphatic heterocycles. The monoisotopic (exact) mass is 255 g/mol. The number of nitrogens with zero attached hydrogens (tertiary/aromatic N) is 3. The highest BCUT2D eigenvalue weighted by Gasteiger charge is 2.18. The van der Waals surface area contributed by atoms with Crippen LogP contribution in [0.4, 0.5) is 0 Å². The summed E-state index contributed by atoms with van der Waals surface area (Å²) in [5, 5.41) is 0. The minimum Gasteiger partial charge on any atom is -0.340 e. The number of benzene rings is 1. The number of aromatic nitrogens is 2. The Hall–Kier alpha value is -2.10. The first kappa shape index (κ1) is 12.0. The van der Waals surface area contributed by atoms with E-state index < -0.39 is 0 Å². The lowest BCUT2D eigenvalue weighted by Gasteiger charge is -2.20. The topological polar surface area (TPSA) is 38.1 Å². The van der Waals surface area contributed by atoms with Crippen molar-refractivity contribution in [2.75, 3.05) is 13.1 Å². The van der Waals surface area contributed by atoms with E-state index in [2.05, 4.69) is 29.2 Å². The second-order valence-corrected chi connectivity index (χ2v) is 4.88. The number of imidazole rings is 1. The van der Waals surface area contributed by atoms with Gasteiger partial charge in [-0.3, -0.25) is 4.79 Å². The minimum atomic E-state index is 0.172. The predicted molar refractivity (Wildman–Crippen MR) is 72.7 cm³/mol. The van der Waals surface area contributed by atoms with Crippen molar-refractivity contribution < 1.29 is 4.79 Å². The van der Waals surface area contributed by atoms with E-state index in [1.807, 2.05) is 15.7 Å². The van der Waals surface area contributed by atoms with Crippen molar-refractivity contribution in [1.29, 1.82) is 0 Å². The highest BCUT2D eigenvalue weighted by molar-refractivity contribution is 5.76. The summed E-state index contributed by atoms with van der Waals surface area (Å²) in [5.74, 6) is 0.172. The van der Waals surface area contributed by atoms with Gasteiger partial charge in [0.25, 0.3) is 0 Å². The van der Waals surface area contributed by atoms with Gasteiger partial charge < -0.3 is 9.47 Å². The number of hydrogen-bond donors (Lipinski definition) is 0. The van der Waals surface area contributed by atoms with Gasteiger partial charge in [-0.05, 0) is 24.0 Å². The van der Waals surface area contributed by atoms with Gasteiger partial charge >= 0.3 is 0 Å². The SMILES string of the molecule is O=C(Cn1ccnc1)N1CCc2ccccc2CC1. The summed E-state index contributed by atoms with van der Waals surface area (Å²) in [4.78, 5) is 18.2. The van der Waals surface area contributed by atoms with Gasteiger partial charge in [0.05, 0.1) is 6.33 Å². The highest BCUT2D eigenvalue weighted by atomic mass is 16.2. The Morgan fingerprint density at radius 1 is 1.16 bits per heavy atom. The van der Waals surface area contributed by atoms with Gasteiger partial charge in [-0.1, -0.05) is 24.3 Å². The third-order valence-electron chi connectivity index (χ3n) is 3.65. The highest BCUT2D eigenvalue weighted by Crippen LogP contribution is 2.15. The van der Waals surface area contributed by atoms with Crippen molar-refractivity contribution >= 4 is 5.91 Å². The van der Waals surface area contributed by atoms with Crippen molar-refractivity contribution in [3.05, 3.63) is 54.1 Å². The fourth-order valence-corrected chi connectivity index (χ4v) is 2.55. The lowest BCUT2D eigenvalue weighted by molar-refractivity contribution is -0.131. The number of hydrogen-bond acceptors (Lipinski definition) is 2. The Labute approximate surface area is 112 Å². The van der Waals surface area contributed by atoms with Crippen molar-refractivity contribution in [1.82, 2.24) is 14.5 Å². The van der Waals surface area contributed by atoms with Gasteiger partial charge in [0.15, 0.2) is 0 Å². The van der Waals surface area contributed by atoms with Crippen LogP contribution < -0.4 is 0 Å². The van der Waals surface area contributed by atoms with Gasteiger partial charge in [0.2, 0.25) is 5.91 Å². The van der Waals surface area contributed by atoms with Crippen LogP contribution in [0.15, 0.2) is 43.0 Å². The summed E-state index contributed by atoms with van der Waals surface area (Å²) in [7, 11) is 0. The van der Waals surface area contributed by atoms with Gasteiger partial charge in [-0.2, -0.15) is 0 Å². The molecule has 2 aromatic rings. The maximum atomic E-state index is 12.2. The molecule has 0 fully saturated rings. The number of carbonyl (C=O) groups is 1. The largest absolute Gasteiger partial charge is 0.340 e. The van der Waals surface area contributed by atoms with Crippen LogP contribution >= 0.6 is 0 Å². The van der Waals surface area contributed by atoms with Crippen LogP contribution in [0.3, 0.4) is 0 Å². The van der Waals surface area contributed by atoms with E-state index in [1.165, 1.54) is 11.1 Å². The smallest absolute Gasteiger partial charge is 0.242 e.